The number of nitrogens with zero attached hydrogens (tertiary/aromatic N) is 3. The zero-order valence-corrected chi connectivity index (χ0v) is 15.1. The third-order valence-electron chi connectivity index (χ3n) is 4.70. The summed E-state index contributed by atoms with van der Waals surface area (Å²) >= 11 is 0. The largest absolute Gasteiger partial charge is 0.330 e. The van der Waals surface area contributed by atoms with Gasteiger partial charge in [-0.25, -0.2) is 4.98 Å². The average Bonchev–Trinajstić information content (AvgIpc) is 2.99. The molecule has 0 aliphatic carbocycles. The smallest absolute Gasteiger partial charge is 0.137 e. The van der Waals surface area contributed by atoms with Crippen LogP contribution in [-0.2, 0) is 6.42 Å². The first-order valence-corrected chi connectivity index (χ1v) is 9.37. The Balaban J connectivity index is 1.75. The lowest BCUT2D eigenvalue weighted by molar-refractivity contribution is 0.594. The second-order valence-electron chi connectivity index (χ2n) is 6.74. The van der Waals surface area contributed by atoms with Gasteiger partial charge in [0.2, 0.25) is 0 Å². The number of unbranched alkanes of at least 4 members (excludes halogenated alkanes) is 5. The van der Waals surface area contributed by atoms with Crippen molar-refractivity contribution in [2.45, 2.75) is 51.9 Å². The first-order valence-electron chi connectivity index (χ1n) is 9.37. The Kier molecular flexibility index (Phi) is 6.18. The van der Waals surface area contributed by atoms with E-state index in [0.29, 0.717) is 0 Å². The van der Waals surface area contributed by atoms with E-state index in [1.165, 1.54) is 43.4 Å². The highest BCUT2D eigenvalue weighted by Crippen LogP contribution is 2.26. The maximum absolute atomic E-state index is 5.55. The molecule has 0 spiro atoms. The molecule has 4 heteroatoms. The predicted octanol–water partition coefficient (Wildman–Crippen LogP) is 4.55. The maximum Gasteiger partial charge on any atom is 0.137 e. The van der Waals surface area contributed by atoms with Gasteiger partial charge in [0, 0.05) is 24.2 Å². The summed E-state index contributed by atoms with van der Waals surface area (Å²) in [5.41, 5.74) is 11.4. The lowest BCUT2D eigenvalue weighted by Crippen LogP contribution is -1.98. The lowest BCUT2D eigenvalue weighted by atomic mass is 10.0. The molecule has 3 rings (SSSR count). The van der Waals surface area contributed by atoms with E-state index in [4.69, 9.17) is 10.7 Å². The van der Waals surface area contributed by atoms with Crippen molar-refractivity contribution in [3.63, 3.8) is 0 Å². The molecule has 0 bridgehead atoms. The average molecular weight is 336 g/mol. The minimum absolute atomic E-state index is 0.816. The standard InChI is InChI=1S/C21H28N4/c1-17-11-15-25-19(8-6-4-2-3-5-7-12-22)21(24-20(25)16-17)18-9-13-23-14-10-18/h9-11,13-16H,2-8,12,22H2,1H3. The molecule has 0 aliphatic heterocycles. The SMILES string of the molecule is Cc1ccn2c(CCCCCCCCN)c(-c3ccncc3)nc2c1. The van der Waals surface area contributed by atoms with Crippen molar-refractivity contribution in [3.8, 4) is 11.3 Å². The van der Waals surface area contributed by atoms with Crippen LogP contribution >= 0.6 is 0 Å². The number of nitrogens with two attached hydrogens (primary N) is 1. The Bertz CT molecular complexity index is 792. The molecule has 0 fully saturated rings. The predicted molar refractivity (Wildman–Crippen MR) is 104 cm³/mol. The molecule has 132 valence electrons. The van der Waals surface area contributed by atoms with Crippen LogP contribution in [-0.4, -0.2) is 20.9 Å². The summed E-state index contributed by atoms with van der Waals surface area (Å²) in [4.78, 5) is 9.04. The highest BCUT2D eigenvalue weighted by molar-refractivity contribution is 5.66. The second kappa shape index (κ2) is 8.77. The van der Waals surface area contributed by atoms with Crippen molar-refractivity contribution in [3.05, 3.63) is 54.1 Å². The van der Waals surface area contributed by atoms with E-state index in [1.54, 1.807) is 0 Å². The van der Waals surface area contributed by atoms with Gasteiger partial charge in [-0.1, -0.05) is 25.7 Å². The number of imidazole rings is 1. The number of rotatable bonds is 9. The maximum atomic E-state index is 5.55. The van der Waals surface area contributed by atoms with Crippen molar-refractivity contribution in [1.29, 1.82) is 0 Å². The fourth-order valence-corrected chi connectivity index (χ4v) is 3.32. The van der Waals surface area contributed by atoms with E-state index in [1.807, 2.05) is 24.5 Å². The van der Waals surface area contributed by atoms with E-state index in [2.05, 4.69) is 34.6 Å². The van der Waals surface area contributed by atoms with Gasteiger partial charge in [-0.15, -0.1) is 0 Å². The van der Waals surface area contributed by atoms with E-state index in [9.17, 15) is 0 Å². The van der Waals surface area contributed by atoms with Crippen molar-refractivity contribution in [2.75, 3.05) is 6.54 Å². The molecule has 0 saturated heterocycles. The number of pyridine rings is 2. The van der Waals surface area contributed by atoms with Crippen molar-refractivity contribution in [2.24, 2.45) is 5.73 Å². The molecule has 3 heterocycles. The number of aromatic nitrogens is 3. The summed E-state index contributed by atoms with van der Waals surface area (Å²) in [6.45, 7) is 2.93. The van der Waals surface area contributed by atoms with Gasteiger partial charge in [0.05, 0.1) is 11.4 Å². The highest BCUT2D eigenvalue weighted by atomic mass is 15.0. The van der Waals surface area contributed by atoms with Crippen LogP contribution in [0.3, 0.4) is 0 Å². The Hall–Kier alpha value is -2.20. The summed E-state index contributed by atoms with van der Waals surface area (Å²) in [5.74, 6) is 0. The van der Waals surface area contributed by atoms with Gasteiger partial charge in [-0.3, -0.25) is 4.98 Å². The Labute approximate surface area is 150 Å². The molecule has 0 radical (unpaired) electrons. The van der Waals surface area contributed by atoms with Gasteiger partial charge >= 0.3 is 0 Å². The summed E-state index contributed by atoms with van der Waals surface area (Å²) in [5, 5.41) is 0. The Morgan fingerprint density at radius 1 is 0.960 bits per heavy atom. The van der Waals surface area contributed by atoms with E-state index >= 15 is 0 Å². The zero-order chi connectivity index (χ0) is 17.5. The van der Waals surface area contributed by atoms with Crippen LogP contribution < -0.4 is 5.73 Å². The fourth-order valence-electron chi connectivity index (χ4n) is 3.32. The monoisotopic (exact) mass is 336 g/mol. The van der Waals surface area contributed by atoms with Crippen LogP contribution in [0.4, 0.5) is 0 Å². The van der Waals surface area contributed by atoms with E-state index < -0.39 is 0 Å². The molecular formula is C21H28N4. The lowest BCUT2D eigenvalue weighted by Gasteiger charge is -2.06. The molecule has 3 aromatic heterocycles. The molecule has 25 heavy (non-hydrogen) atoms. The molecule has 0 aromatic carbocycles. The van der Waals surface area contributed by atoms with Crippen LogP contribution in [0.5, 0.6) is 0 Å². The first kappa shape index (κ1) is 17.6. The van der Waals surface area contributed by atoms with Gasteiger partial charge in [0.15, 0.2) is 0 Å². The minimum atomic E-state index is 0.816. The summed E-state index contributed by atoms with van der Waals surface area (Å²) < 4.78 is 2.25. The molecular weight excluding hydrogens is 308 g/mol. The molecule has 0 aliphatic rings. The van der Waals surface area contributed by atoms with E-state index in [0.717, 1.165) is 36.3 Å². The fraction of sp³-hybridized carbons (Fsp3) is 0.429. The Morgan fingerprint density at radius 3 is 2.44 bits per heavy atom. The summed E-state index contributed by atoms with van der Waals surface area (Å²) in [7, 11) is 0. The summed E-state index contributed by atoms with van der Waals surface area (Å²) in [6, 6.07) is 8.40. The van der Waals surface area contributed by atoms with Gasteiger partial charge in [0.1, 0.15) is 5.65 Å². The van der Waals surface area contributed by atoms with Gasteiger partial charge in [-0.05, 0) is 62.6 Å². The van der Waals surface area contributed by atoms with Crippen molar-refractivity contribution in [1.82, 2.24) is 14.4 Å². The van der Waals surface area contributed by atoms with E-state index in [-0.39, 0.29) is 0 Å². The highest BCUT2D eigenvalue weighted by Gasteiger charge is 2.13. The molecule has 3 aromatic rings. The zero-order valence-electron chi connectivity index (χ0n) is 15.1. The van der Waals surface area contributed by atoms with Gasteiger partial charge < -0.3 is 10.1 Å². The Morgan fingerprint density at radius 2 is 1.68 bits per heavy atom. The molecule has 0 amide bonds. The van der Waals surface area contributed by atoms with Crippen LogP contribution in [0.15, 0.2) is 42.9 Å². The minimum Gasteiger partial charge on any atom is -0.330 e. The normalized spacial score (nSPS) is 11.3. The first-order chi connectivity index (χ1) is 12.3. The van der Waals surface area contributed by atoms with Gasteiger partial charge in [-0.2, -0.15) is 0 Å². The van der Waals surface area contributed by atoms with Crippen molar-refractivity contribution < 1.29 is 0 Å². The van der Waals surface area contributed by atoms with Crippen molar-refractivity contribution >= 4 is 5.65 Å². The van der Waals surface area contributed by atoms with Crippen LogP contribution in [0.25, 0.3) is 16.9 Å². The third-order valence-corrected chi connectivity index (χ3v) is 4.70. The number of fused-ring (bicyclic) bond motifs is 1. The second-order valence-corrected chi connectivity index (χ2v) is 6.74. The number of hydrogen-bond acceptors (Lipinski definition) is 3. The van der Waals surface area contributed by atoms with Crippen LogP contribution in [0.1, 0.15) is 49.8 Å². The number of hydrogen-bond donors (Lipinski definition) is 1. The molecule has 4 nitrogen and oxygen atoms in total. The van der Waals surface area contributed by atoms with Crippen LogP contribution in [0, 0.1) is 6.92 Å². The van der Waals surface area contributed by atoms with Crippen LogP contribution in [0.2, 0.25) is 0 Å². The topological polar surface area (TPSA) is 56.2 Å². The third kappa shape index (κ3) is 4.45. The summed E-state index contributed by atoms with van der Waals surface area (Å²) in [6.07, 6.45) is 14.3. The molecule has 0 saturated carbocycles. The number of aryl methyl sites for hydroxylation is 2. The quantitative estimate of drug-likeness (QED) is 0.583. The van der Waals surface area contributed by atoms with Gasteiger partial charge in [0.25, 0.3) is 0 Å². The molecule has 0 atom stereocenters. The molecule has 2 N–H and O–H groups in total. The molecule has 0 unspecified atom stereocenters.